The molecule has 0 aliphatic carbocycles. The first kappa shape index (κ1) is 25.6. The number of hydrogen-bond donors (Lipinski definition) is 2. The summed E-state index contributed by atoms with van der Waals surface area (Å²) in [7, 11) is 1.13. The highest BCUT2D eigenvalue weighted by atomic mass is 31.2. The van der Waals surface area contributed by atoms with Crippen LogP contribution >= 0.6 is 8.60 Å². The molecule has 13 heteroatoms. The fourth-order valence-electron chi connectivity index (χ4n) is 3.40. The van der Waals surface area contributed by atoms with Crippen molar-refractivity contribution in [1.29, 1.82) is 0 Å². The Kier molecular flexibility index (Phi) is 8.21. The predicted molar refractivity (Wildman–Crippen MR) is 126 cm³/mol. The molecule has 11 nitrogen and oxygen atoms in total. The molecule has 2 N–H and O–H groups in total. The lowest BCUT2D eigenvalue weighted by atomic mass is 10.2. The second kappa shape index (κ2) is 11.5. The molecular formula is C23H24FN2O9P. The van der Waals surface area contributed by atoms with E-state index in [1.165, 1.54) is 0 Å². The van der Waals surface area contributed by atoms with E-state index in [4.69, 9.17) is 27.8 Å². The largest absolute Gasteiger partial charge is 0.497 e. The standard InChI is InChI=1S/C23H24FN2O9P/c1-30-14-3-7-16(8-4-14)34-36(35-17-9-5-15(31-2)6-10-17)32-13-18-11-20(27)22(33-18)26-12-19(24)21(28)25-23(26)29/h3-10,12,18,20,22,27H,11,13H2,1-2H3,(H,25,28,29). The number of benzene rings is 2. The highest BCUT2D eigenvalue weighted by Crippen LogP contribution is 2.43. The van der Waals surface area contributed by atoms with Gasteiger partial charge in [-0.2, -0.15) is 4.39 Å². The molecule has 3 aromatic rings. The zero-order chi connectivity index (χ0) is 25.7. The Hall–Kier alpha value is -3.44. The quantitative estimate of drug-likeness (QED) is 0.386. The summed E-state index contributed by atoms with van der Waals surface area (Å²) in [6, 6.07) is 13.7. The summed E-state index contributed by atoms with van der Waals surface area (Å²) in [5, 5.41) is 10.4. The minimum atomic E-state index is -1.97. The van der Waals surface area contributed by atoms with Gasteiger partial charge >= 0.3 is 14.3 Å². The van der Waals surface area contributed by atoms with Gasteiger partial charge in [-0.15, -0.1) is 0 Å². The van der Waals surface area contributed by atoms with E-state index in [0.29, 0.717) is 29.2 Å². The number of aromatic nitrogens is 2. The van der Waals surface area contributed by atoms with Crippen molar-refractivity contribution >= 4 is 8.60 Å². The molecule has 1 fully saturated rings. The van der Waals surface area contributed by atoms with Gasteiger partial charge in [-0.05, 0) is 48.5 Å². The summed E-state index contributed by atoms with van der Waals surface area (Å²) in [5.41, 5.74) is -2.06. The van der Waals surface area contributed by atoms with Gasteiger partial charge < -0.3 is 28.4 Å². The second-order valence-electron chi connectivity index (χ2n) is 7.65. The minimum absolute atomic E-state index is 0.0633. The molecule has 2 heterocycles. The van der Waals surface area contributed by atoms with Crippen LogP contribution in [0.2, 0.25) is 0 Å². The van der Waals surface area contributed by atoms with Crippen molar-refractivity contribution in [3.05, 3.63) is 81.4 Å². The van der Waals surface area contributed by atoms with Crippen molar-refractivity contribution in [3.63, 3.8) is 0 Å². The summed E-state index contributed by atoms with van der Waals surface area (Å²) in [6.07, 6.45) is -2.22. The third kappa shape index (κ3) is 6.21. The van der Waals surface area contributed by atoms with Gasteiger partial charge in [0.05, 0.1) is 33.1 Å². The van der Waals surface area contributed by atoms with Gasteiger partial charge in [0.2, 0.25) is 5.82 Å². The third-order valence-electron chi connectivity index (χ3n) is 5.21. The molecule has 4 rings (SSSR count). The highest BCUT2D eigenvalue weighted by Gasteiger charge is 2.37. The van der Waals surface area contributed by atoms with E-state index < -0.39 is 44.1 Å². The first-order valence-corrected chi connectivity index (χ1v) is 11.9. The van der Waals surface area contributed by atoms with E-state index in [0.717, 1.165) is 4.57 Å². The summed E-state index contributed by atoms with van der Waals surface area (Å²) >= 11 is 0. The number of aliphatic hydroxyl groups is 1. The summed E-state index contributed by atoms with van der Waals surface area (Å²) in [6.45, 7) is -0.0633. The zero-order valence-electron chi connectivity index (χ0n) is 19.3. The van der Waals surface area contributed by atoms with Crippen LogP contribution in [-0.4, -0.2) is 47.7 Å². The van der Waals surface area contributed by atoms with Crippen molar-refractivity contribution in [2.75, 3.05) is 20.8 Å². The summed E-state index contributed by atoms with van der Waals surface area (Å²) in [5.74, 6) is 1.07. The lowest BCUT2D eigenvalue weighted by molar-refractivity contribution is -0.0513. The molecule has 0 amide bonds. The Morgan fingerprint density at radius 1 is 1.00 bits per heavy atom. The molecule has 1 saturated heterocycles. The number of ether oxygens (including phenoxy) is 3. The van der Waals surface area contributed by atoms with Crippen LogP contribution < -0.4 is 29.8 Å². The van der Waals surface area contributed by atoms with E-state index in [1.54, 1.807) is 62.8 Å². The molecule has 36 heavy (non-hydrogen) atoms. The normalized spacial score (nSPS) is 19.3. The molecular weight excluding hydrogens is 498 g/mol. The van der Waals surface area contributed by atoms with E-state index in [1.807, 2.05) is 4.98 Å². The van der Waals surface area contributed by atoms with Gasteiger partial charge in [0.25, 0.3) is 5.56 Å². The Morgan fingerprint density at radius 3 is 2.06 bits per heavy atom. The molecule has 192 valence electrons. The number of nitrogens with one attached hydrogen (secondary N) is 1. The van der Waals surface area contributed by atoms with Crippen LogP contribution in [0, 0.1) is 5.82 Å². The van der Waals surface area contributed by atoms with E-state index in [9.17, 15) is 19.1 Å². The number of halogens is 1. The van der Waals surface area contributed by atoms with Gasteiger partial charge in [0.1, 0.15) is 29.1 Å². The maximum atomic E-state index is 13.7. The van der Waals surface area contributed by atoms with Gasteiger partial charge in [0, 0.05) is 6.42 Å². The molecule has 0 spiro atoms. The van der Waals surface area contributed by atoms with Gasteiger partial charge in [-0.25, -0.2) is 4.79 Å². The Bertz CT molecular complexity index is 1220. The zero-order valence-corrected chi connectivity index (χ0v) is 20.2. The summed E-state index contributed by atoms with van der Waals surface area (Å²) in [4.78, 5) is 25.2. The van der Waals surface area contributed by atoms with E-state index in [-0.39, 0.29) is 13.0 Å². The second-order valence-corrected chi connectivity index (χ2v) is 8.72. The first-order chi connectivity index (χ1) is 17.4. The van der Waals surface area contributed by atoms with Crippen molar-refractivity contribution in [2.24, 2.45) is 0 Å². The van der Waals surface area contributed by atoms with Gasteiger partial charge in [0.15, 0.2) is 6.23 Å². The third-order valence-corrected chi connectivity index (χ3v) is 6.29. The molecule has 2 aromatic carbocycles. The number of hydrogen-bond acceptors (Lipinski definition) is 9. The van der Waals surface area contributed by atoms with Crippen LogP contribution in [0.25, 0.3) is 0 Å². The maximum absolute atomic E-state index is 13.7. The molecule has 1 aromatic heterocycles. The number of methoxy groups -OCH3 is 2. The van der Waals surface area contributed by atoms with Crippen molar-refractivity contribution in [3.8, 4) is 23.0 Å². The van der Waals surface area contributed by atoms with Crippen LogP contribution in [0.3, 0.4) is 0 Å². The number of aromatic amines is 1. The lowest BCUT2D eigenvalue weighted by Gasteiger charge is -2.20. The topological polar surface area (TPSA) is 130 Å². The van der Waals surface area contributed by atoms with E-state index in [2.05, 4.69) is 0 Å². The molecule has 0 saturated carbocycles. The monoisotopic (exact) mass is 522 g/mol. The molecule has 3 unspecified atom stereocenters. The number of aliphatic hydroxyl groups excluding tert-OH is 1. The fraction of sp³-hybridized carbons (Fsp3) is 0.304. The predicted octanol–water partition coefficient (Wildman–Crippen LogP) is 2.74. The Labute approximate surface area is 205 Å². The molecule has 0 radical (unpaired) electrons. The highest BCUT2D eigenvalue weighted by molar-refractivity contribution is 7.42. The molecule has 0 bridgehead atoms. The fourth-order valence-corrected chi connectivity index (χ4v) is 4.42. The molecule has 1 aliphatic heterocycles. The molecule has 1 aliphatic rings. The number of nitrogens with zero attached hydrogens (tertiary/aromatic N) is 1. The van der Waals surface area contributed by atoms with Crippen LogP contribution in [0.1, 0.15) is 12.6 Å². The summed E-state index contributed by atoms with van der Waals surface area (Å²) < 4.78 is 48.1. The Morgan fingerprint density at radius 2 is 1.53 bits per heavy atom. The first-order valence-electron chi connectivity index (χ1n) is 10.8. The molecule has 3 atom stereocenters. The maximum Gasteiger partial charge on any atom is 0.463 e. The van der Waals surface area contributed by atoms with Crippen LogP contribution in [0.15, 0.2) is 64.3 Å². The van der Waals surface area contributed by atoms with Crippen LogP contribution in [0.4, 0.5) is 4.39 Å². The van der Waals surface area contributed by atoms with Crippen molar-refractivity contribution in [2.45, 2.75) is 24.9 Å². The Balaban J connectivity index is 1.44. The van der Waals surface area contributed by atoms with Crippen LogP contribution in [-0.2, 0) is 9.26 Å². The van der Waals surface area contributed by atoms with E-state index >= 15 is 0 Å². The van der Waals surface area contributed by atoms with Gasteiger partial charge in [-0.1, -0.05) is 0 Å². The average Bonchev–Trinajstić information content (AvgIpc) is 3.25. The smallest absolute Gasteiger partial charge is 0.463 e. The average molecular weight is 522 g/mol. The van der Waals surface area contributed by atoms with Gasteiger partial charge in [-0.3, -0.25) is 18.9 Å². The minimum Gasteiger partial charge on any atom is -0.497 e. The van der Waals surface area contributed by atoms with Crippen molar-refractivity contribution in [1.82, 2.24) is 9.55 Å². The lowest BCUT2D eigenvalue weighted by Crippen LogP contribution is -2.36. The van der Waals surface area contributed by atoms with Crippen LogP contribution in [0.5, 0.6) is 23.0 Å². The van der Waals surface area contributed by atoms with Crippen molar-refractivity contribution < 1.29 is 37.3 Å². The number of H-pyrrole nitrogens is 1. The SMILES string of the molecule is COc1ccc(OP(OCC2CC(O)C(n3cc(F)c(=O)[nH]c3=O)O2)Oc2ccc(OC)cc2)cc1. The number of rotatable bonds is 10.